The van der Waals surface area contributed by atoms with E-state index in [1.54, 1.807) is 0 Å². The summed E-state index contributed by atoms with van der Waals surface area (Å²) < 4.78 is 0. The summed E-state index contributed by atoms with van der Waals surface area (Å²) >= 11 is 3.24. The first-order chi connectivity index (χ1) is 8.71. The number of hydrogen-bond donors (Lipinski definition) is 1. The monoisotopic (exact) mass is 324 g/mol. The lowest BCUT2D eigenvalue weighted by Crippen LogP contribution is -2.37. The van der Waals surface area contributed by atoms with E-state index in [-0.39, 0.29) is 11.2 Å². The van der Waals surface area contributed by atoms with Crippen LogP contribution in [-0.2, 0) is 16.6 Å². The molecule has 0 saturated heterocycles. The number of carbonyl (C=O) groups is 2. The fraction of sp³-hybridized carbons (Fsp3) is 0.467. The van der Waals surface area contributed by atoms with E-state index in [2.05, 4.69) is 36.7 Å². The van der Waals surface area contributed by atoms with Crippen LogP contribution in [0.3, 0.4) is 0 Å². The number of rotatable bonds is 1. The van der Waals surface area contributed by atoms with Crippen LogP contribution in [0, 0.1) is 5.92 Å². The molecule has 3 nitrogen and oxygen atoms in total. The zero-order valence-electron chi connectivity index (χ0n) is 11.2. The van der Waals surface area contributed by atoms with Crippen molar-refractivity contribution in [3.8, 4) is 0 Å². The number of carboxylic acids is 1. The van der Waals surface area contributed by atoms with E-state index >= 15 is 0 Å². The highest BCUT2D eigenvalue weighted by Gasteiger charge is 2.38. The molecule has 0 heterocycles. The Balaban J connectivity index is 2.48. The van der Waals surface area contributed by atoms with Gasteiger partial charge in [0.05, 0.1) is 10.7 Å². The molecule has 1 aromatic carbocycles. The molecule has 0 aromatic heterocycles. The number of alkyl halides is 1. The number of benzene rings is 1. The Morgan fingerprint density at radius 2 is 2.00 bits per heavy atom. The number of carboxylic acid groups (broad SMARTS) is 1. The maximum atomic E-state index is 12.3. The zero-order chi connectivity index (χ0) is 14.4. The lowest BCUT2D eigenvalue weighted by Gasteiger charge is -2.27. The first-order valence-electron chi connectivity index (χ1n) is 6.26. The van der Waals surface area contributed by atoms with Gasteiger partial charge in [-0.15, -0.1) is 0 Å². The Labute approximate surface area is 121 Å². The molecule has 2 unspecified atom stereocenters. The molecule has 1 aliphatic rings. The van der Waals surface area contributed by atoms with Crippen molar-refractivity contribution in [1.82, 2.24) is 0 Å². The minimum absolute atomic E-state index is 0.0270. The fourth-order valence-electron chi connectivity index (χ4n) is 2.33. The molecule has 4 heteroatoms. The van der Waals surface area contributed by atoms with Crippen molar-refractivity contribution in [2.75, 3.05) is 0 Å². The molecule has 19 heavy (non-hydrogen) atoms. The van der Waals surface area contributed by atoms with Gasteiger partial charge in [0.25, 0.3) is 0 Å². The highest BCUT2D eigenvalue weighted by Crippen LogP contribution is 2.33. The molecule has 0 bridgehead atoms. The van der Waals surface area contributed by atoms with Gasteiger partial charge in [-0.05, 0) is 29.0 Å². The van der Waals surface area contributed by atoms with Crippen molar-refractivity contribution < 1.29 is 14.7 Å². The number of ketones is 1. The molecule has 0 radical (unpaired) electrons. The molecular formula is C15H17BrO3. The van der Waals surface area contributed by atoms with Crippen molar-refractivity contribution in [2.45, 2.75) is 37.4 Å². The SMILES string of the molecule is CC(C)(C)c1ccc2c(c1)C(=O)C(Br)C(C(=O)O)C2. The maximum absolute atomic E-state index is 12.3. The van der Waals surface area contributed by atoms with Crippen LogP contribution in [0.25, 0.3) is 0 Å². The lowest BCUT2D eigenvalue weighted by molar-refractivity contribution is -0.141. The summed E-state index contributed by atoms with van der Waals surface area (Å²) in [4.78, 5) is 22.8. The first-order valence-corrected chi connectivity index (χ1v) is 7.18. The second-order valence-electron chi connectivity index (χ2n) is 6.04. The quantitative estimate of drug-likeness (QED) is 0.807. The number of hydrogen-bond acceptors (Lipinski definition) is 2. The Morgan fingerprint density at radius 3 is 2.53 bits per heavy atom. The van der Waals surface area contributed by atoms with Gasteiger partial charge >= 0.3 is 5.97 Å². The molecule has 0 saturated carbocycles. The van der Waals surface area contributed by atoms with Crippen molar-refractivity contribution in [3.63, 3.8) is 0 Å². The second kappa shape index (κ2) is 4.75. The Bertz CT molecular complexity index is 543. The topological polar surface area (TPSA) is 54.4 Å². The van der Waals surface area contributed by atoms with Gasteiger partial charge in [-0.25, -0.2) is 0 Å². The summed E-state index contributed by atoms with van der Waals surface area (Å²) in [6.07, 6.45) is 0.400. The molecular weight excluding hydrogens is 308 g/mol. The Kier molecular flexibility index (Phi) is 3.56. The van der Waals surface area contributed by atoms with Crippen molar-refractivity contribution in [2.24, 2.45) is 5.92 Å². The minimum atomic E-state index is -0.930. The van der Waals surface area contributed by atoms with Crippen LogP contribution in [0.2, 0.25) is 0 Å². The van der Waals surface area contributed by atoms with Crippen molar-refractivity contribution in [1.29, 1.82) is 0 Å². The number of carbonyl (C=O) groups excluding carboxylic acids is 1. The predicted octanol–water partition coefficient (Wildman–Crippen LogP) is 3.19. The van der Waals surface area contributed by atoms with Crippen LogP contribution < -0.4 is 0 Å². The van der Waals surface area contributed by atoms with Gasteiger partial charge < -0.3 is 5.11 Å². The van der Waals surface area contributed by atoms with E-state index in [0.717, 1.165) is 11.1 Å². The van der Waals surface area contributed by atoms with Gasteiger partial charge in [0.15, 0.2) is 5.78 Å². The molecule has 0 aliphatic heterocycles. The van der Waals surface area contributed by atoms with Crippen LogP contribution in [-0.4, -0.2) is 21.7 Å². The Hall–Kier alpha value is -1.16. The van der Waals surface area contributed by atoms with Crippen LogP contribution in [0.15, 0.2) is 18.2 Å². The molecule has 2 rings (SSSR count). The second-order valence-corrected chi connectivity index (χ2v) is 7.02. The molecule has 0 spiro atoms. The van der Waals surface area contributed by atoms with Crippen LogP contribution in [0.1, 0.15) is 42.3 Å². The molecule has 2 atom stereocenters. The number of halogens is 1. The van der Waals surface area contributed by atoms with Gasteiger partial charge in [-0.3, -0.25) is 9.59 Å². The number of fused-ring (bicyclic) bond motifs is 1. The van der Waals surface area contributed by atoms with Crippen LogP contribution >= 0.6 is 15.9 Å². The molecule has 1 N–H and O–H groups in total. The summed E-state index contributed by atoms with van der Waals surface area (Å²) in [6, 6.07) is 5.78. The summed E-state index contributed by atoms with van der Waals surface area (Å²) in [5.41, 5.74) is 2.56. The van der Waals surface area contributed by atoms with Gasteiger partial charge in [0.1, 0.15) is 0 Å². The molecule has 102 valence electrons. The third-order valence-electron chi connectivity index (χ3n) is 3.60. The summed E-state index contributed by atoms with van der Waals surface area (Å²) in [5.74, 6) is -1.74. The fourth-order valence-corrected chi connectivity index (χ4v) is 2.99. The van der Waals surface area contributed by atoms with E-state index in [4.69, 9.17) is 5.11 Å². The van der Waals surface area contributed by atoms with Gasteiger partial charge in [0, 0.05) is 5.56 Å². The van der Waals surface area contributed by atoms with E-state index in [0.29, 0.717) is 12.0 Å². The van der Waals surface area contributed by atoms with E-state index in [1.807, 2.05) is 18.2 Å². The summed E-state index contributed by atoms with van der Waals surface area (Å²) in [6.45, 7) is 6.27. The van der Waals surface area contributed by atoms with E-state index in [1.165, 1.54) is 0 Å². The van der Waals surface area contributed by atoms with Crippen LogP contribution in [0.5, 0.6) is 0 Å². The van der Waals surface area contributed by atoms with Gasteiger partial charge in [-0.2, -0.15) is 0 Å². The van der Waals surface area contributed by atoms with Crippen molar-refractivity contribution in [3.05, 3.63) is 34.9 Å². The predicted molar refractivity (Wildman–Crippen MR) is 77.0 cm³/mol. The highest BCUT2D eigenvalue weighted by molar-refractivity contribution is 9.10. The van der Waals surface area contributed by atoms with E-state index < -0.39 is 16.7 Å². The zero-order valence-corrected chi connectivity index (χ0v) is 12.8. The Morgan fingerprint density at radius 1 is 1.37 bits per heavy atom. The molecule has 0 amide bonds. The summed E-state index contributed by atoms with van der Waals surface area (Å²) in [5, 5.41) is 9.15. The first kappa shape index (κ1) is 14.3. The standard InChI is InChI=1S/C15H17BrO3/c1-15(2,3)9-5-4-8-6-11(14(18)19)12(16)13(17)10(8)7-9/h4-5,7,11-12H,6H2,1-3H3,(H,18,19). The van der Waals surface area contributed by atoms with E-state index in [9.17, 15) is 9.59 Å². The third kappa shape index (κ3) is 2.59. The largest absolute Gasteiger partial charge is 0.481 e. The highest BCUT2D eigenvalue weighted by atomic mass is 79.9. The smallest absolute Gasteiger partial charge is 0.308 e. The third-order valence-corrected chi connectivity index (χ3v) is 4.66. The van der Waals surface area contributed by atoms with Gasteiger partial charge in [-0.1, -0.05) is 48.8 Å². The number of aliphatic carboxylic acids is 1. The lowest BCUT2D eigenvalue weighted by atomic mass is 9.79. The molecule has 1 aromatic rings. The normalized spacial score (nSPS) is 23.1. The molecule has 0 fully saturated rings. The van der Waals surface area contributed by atoms with Gasteiger partial charge in [0.2, 0.25) is 0 Å². The average Bonchev–Trinajstić information content (AvgIpc) is 2.31. The minimum Gasteiger partial charge on any atom is -0.481 e. The maximum Gasteiger partial charge on any atom is 0.308 e. The number of Topliss-reactive ketones (excluding diaryl/α,β-unsaturated/α-hetero) is 1. The van der Waals surface area contributed by atoms with Crippen molar-refractivity contribution >= 4 is 27.7 Å². The average molecular weight is 325 g/mol. The molecule has 1 aliphatic carbocycles. The van der Waals surface area contributed by atoms with Crippen LogP contribution in [0.4, 0.5) is 0 Å². The summed E-state index contributed by atoms with van der Waals surface area (Å²) in [7, 11) is 0.